The monoisotopic (exact) mass is 343 g/mol. The summed E-state index contributed by atoms with van der Waals surface area (Å²) in [4.78, 5) is 27.1. The molecule has 0 bridgehead atoms. The number of fused-ring (bicyclic) bond motifs is 2. The van der Waals surface area contributed by atoms with E-state index in [1.807, 2.05) is 24.3 Å². The Kier molecular flexibility index (Phi) is 4.83. The van der Waals surface area contributed by atoms with Gasteiger partial charge in [-0.05, 0) is 42.8 Å². The number of nitrogens with zero attached hydrogens (tertiary/aromatic N) is 1. The Labute approximate surface area is 149 Å². The van der Waals surface area contributed by atoms with Gasteiger partial charge < -0.3 is 9.15 Å². The number of carbonyl (C=O) groups is 1. The molecule has 0 saturated carbocycles. The molecule has 0 amide bonds. The summed E-state index contributed by atoms with van der Waals surface area (Å²) < 4.78 is 10.2. The summed E-state index contributed by atoms with van der Waals surface area (Å²) in [7, 11) is 0. The highest BCUT2D eigenvalue weighted by molar-refractivity contribution is 5.96. The maximum Gasteiger partial charge on any atom is 0.342 e. The standard InChI is InChI=1S/C21H13NO4/c1-3-25-21(24)18(22-2)12-17-11-16-10-14-8-6-4-5-7-9-15(14)13-19(16)26-20(17)23/h4-6,8,10-13H,3H2,1H3/b5-4-,6-4?,8-6-,14-8?,18-12?. The number of hydrogen-bond acceptors (Lipinski definition) is 4. The van der Waals surface area contributed by atoms with Crippen LogP contribution in [0.2, 0.25) is 0 Å². The van der Waals surface area contributed by atoms with Crippen LogP contribution in [0.15, 0.2) is 51.3 Å². The molecule has 5 heteroatoms. The SMILES string of the molecule is [C-]#[N+]C(=Cc1cc2cc3c(cc2oc1=O)C#C/C=C\C=C/3)C(=O)OCC. The zero-order chi connectivity index (χ0) is 18.5. The molecule has 1 aromatic heterocycles. The lowest BCUT2D eigenvalue weighted by Gasteiger charge is -2.05. The first-order chi connectivity index (χ1) is 12.6. The van der Waals surface area contributed by atoms with Crippen molar-refractivity contribution in [3.8, 4) is 11.8 Å². The number of hydrogen-bond donors (Lipinski definition) is 0. The van der Waals surface area contributed by atoms with E-state index >= 15 is 0 Å². The average Bonchev–Trinajstić information content (AvgIpc) is 2.60. The maximum absolute atomic E-state index is 12.2. The first-order valence-electron chi connectivity index (χ1n) is 7.85. The molecule has 1 heterocycles. The zero-order valence-corrected chi connectivity index (χ0v) is 13.9. The highest BCUT2D eigenvalue weighted by Gasteiger charge is 2.13. The Morgan fingerprint density at radius 2 is 2.19 bits per heavy atom. The molecule has 26 heavy (non-hydrogen) atoms. The van der Waals surface area contributed by atoms with E-state index in [1.165, 1.54) is 6.08 Å². The maximum atomic E-state index is 12.2. The van der Waals surface area contributed by atoms with Crippen LogP contribution < -0.4 is 5.63 Å². The van der Waals surface area contributed by atoms with Gasteiger partial charge in [0.1, 0.15) is 5.58 Å². The van der Waals surface area contributed by atoms with Crippen molar-refractivity contribution in [1.82, 2.24) is 0 Å². The van der Waals surface area contributed by atoms with Gasteiger partial charge in [0.15, 0.2) is 0 Å². The zero-order valence-electron chi connectivity index (χ0n) is 13.9. The van der Waals surface area contributed by atoms with Crippen LogP contribution in [0.25, 0.3) is 28.0 Å². The molecule has 0 saturated heterocycles. The van der Waals surface area contributed by atoms with E-state index in [-0.39, 0.29) is 17.9 Å². The Balaban J connectivity index is 2.15. The molecule has 3 rings (SSSR count). The minimum absolute atomic E-state index is 0.109. The van der Waals surface area contributed by atoms with Crippen LogP contribution in [0.1, 0.15) is 23.6 Å². The second-order valence-corrected chi connectivity index (χ2v) is 5.32. The Bertz CT molecular complexity index is 1140. The first-order valence-corrected chi connectivity index (χ1v) is 7.85. The fourth-order valence-corrected chi connectivity index (χ4v) is 2.42. The van der Waals surface area contributed by atoms with Crippen LogP contribution in [-0.2, 0) is 9.53 Å². The van der Waals surface area contributed by atoms with Crippen molar-refractivity contribution in [2.45, 2.75) is 6.92 Å². The van der Waals surface area contributed by atoms with E-state index in [2.05, 4.69) is 16.7 Å². The van der Waals surface area contributed by atoms with E-state index in [9.17, 15) is 9.59 Å². The number of carbonyl (C=O) groups excluding carboxylic acids is 1. The van der Waals surface area contributed by atoms with Gasteiger partial charge in [-0.2, -0.15) is 0 Å². The lowest BCUT2D eigenvalue weighted by atomic mass is 10.0. The summed E-state index contributed by atoms with van der Waals surface area (Å²) in [5, 5.41) is 0.666. The Morgan fingerprint density at radius 1 is 1.35 bits per heavy atom. The van der Waals surface area contributed by atoms with E-state index in [0.717, 1.165) is 11.1 Å². The molecule has 0 fully saturated rings. The summed E-state index contributed by atoms with van der Waals surface area (Å²) in [5.41, 5.74) is 1.21. The van der Waals surface area contributed by atoms with Crippen molar-refractivity contribution < 1.29 is 13.9 Å². The molecular weight excluding hydrogens is 330 g/mol. The third-order valence-electron chi connectivity index (χ3n) is 3.60. The Hall–Kier alpha value is -3.83. The van der Waals surface area contributed by atoms with Gasteiger partial charge in [0.2, 0.25) is 0 Å². The van der Waals surface area contributed by atoms with Crippen molar-refractivity contribution >= 4 is 29.1 Å². The van der Waals surface area contributed by atoms with Crippen molar-refractivity contribution in [1.29, 1.82) is 0 Å². The van der Waals surface area contributed by atoms with Crippen LogP contribution in [0, 0.1) is 18.4 Å². The van der Waals surface area contributed by atoms with Crippen molar-refractivity contribution in [2.24, 2.45) is 0 Å². The van der Waals surface area contributed by atoms with E-state index in [0.29, 0.717) is 11.0 Å². The smallest absolute Gasteiger partial charge is 0.342 e. The molecule has 5 nitrogen and oxygen atoms in total. The summed E-state index contributed by atoms with van der Waals surface area (Å²) in [5.74, 6) is 5.12. The topological polar surface area (TPSA) is 60.9 Å². The predicted octanol–water partition coefficient (Wildman–Crippen LogP) is 3.55. The first kappa shape index (κ1) is 17.0. The molecule has 1 aliphatic carbocycles. The normalized spacial score (nSPS) is 14.8. The molecule has 1 aromatic carbocycles. The van der Waals surface area contributed by atoms with Crippen molar-refractivity contribution in [3.05, 3.63) is 80.7 Å². The minimum atomic E-state index is -0.773. The lowest BCUT2D eigenvalue weighted by molar-refractivity contribution is -0.138. The number of rotatable bonds is 3. The van der Waals surface area contributed by atoms with Crippen molar-refractivity contribution in [3.63, 3.8) is 0 Å². The van der Waals surface area contributed by atoms with Crippen LogP contribution in [0.5, 0.6) is 0 Å². The van der Waals surface area contributed by atoms with Gasteiger partial charge in [-0.1, -0.05) is 30.1 Å². The summed E-state index contributed by atoms with van der Waals surface area (Å²) in [6, 6.07) is 5.13. The fraction of sp³-hybridized carbons (Fsp3) is 0.0952. The summed E-state index contributed by atoms with van der Waals surface area (Å²) in [6.45, 7) is 8.90. The summed E-state index contributed by atoms with van der Waals surface area (Å²) in [6.07, 6.45) is 8.53. The third kappa shape index (κ3) is 3.48. The second kappa shape index (κ2) is 7.38. The molecule has 0 N–H and O–H groups in total. The van der Waals surface area contributed by atoms with Gasteiger partial charge in [-0.3, -0.25) is 4.79 Å². The molecular formula is C21H13NO4. The Morgan fingerprint density at radius 3 is 2.96 bits per heavy atom. The van der Waals surface area contributed by atoms with Crippen LogP contribution >= 0.6 is 0 Å². The number of esters is 1. The quantitative estimate of drug-likeness (QED) is 0.281. The van der Waals surface area contributed by atoms with Gasteiger partial charge in [0, 0.05) is 10.9 Å². The highest BCUT2D eigenvalue weighted by Crippen LogP contribution is 2.22. The predicted molar refractivity (Wildman–Crippen MR) is 98.7 cm³/mol. The molecule has 0 atom stereocenters. The number of ether oxygens (including phenoxy) is 1. The lowest BCUT2D eigenvalue weighted by Crippen LogP contribution is -2.08. The van der Waals surface area contributed by atoms with E-state index < -0.39 is 11.6 Å². The largest absolute Gasteiger partial charge is 0.471 e. The van der Waals surface area contributed by atoms with Gasteiger partial charge in [0.25, 0.3) is 5.70 Å². The molecule has 0 spiro atoms. The van der Waals surface area contributed by atoms with Crippen LogP contribution in [0.3, 0.4) is 0 Å². The van der Waals surface area contributed by atoms with Gasteiger partial charge in [0.05, 0.1) is 18.7 Å². The third-order valence-corrected chi connectivity index (χ3v) is 3.60. The van der Waals surface area contributed by atoms with Gasteiger partial charge in [-0.25, -0.2) is 9.64 Å². The molecule has 0 unspecified atom stereocenters. The second-order valence-electron chi connectivity index (χ2n) is 5.32. The minimum Gasteiger partial charge on any atom is -0.471 e. The molecule has 126 valence electrons. The molecule has 1 aliphatic rings. The van der Waals surface area contributed by atoms with Crippen molar-refractivity contribution in [2.75, 3.05) is 6.61 Å². The van der Waals surface area contributed by atoms with Crippen LogP contribution in [0.4, 0.5) is 0 Å². The van der Waals surface area contributed by atoms with E-state index in [1.54, 1.807) is 25.1 Å². The fourth-order valence-electron chi connectivity index (χ4n) is 2.42. The van der Waals surface area contributed by atoms with Crippen LogP contribution in [-0.4, -0.2) is 12.6 Å². The molecule has 0 radical (unpaired) electrons. The van der Waals surface area contributed by atoms with E-state index in [4.69, 9.17) is 15.7 Å². The number of benzene rings is 1. The molecule has 2 aromatic rings. The number of allylic oxidation sites excluding steroid dienone is 3. The van der Waals surface area contributed by atoms with Gasteiger partial charge in [-0.15, -0.1) is 0 Å². The highest BCUT2D eigenvalue weighted by atomic mass is 16.5. The summed E-state index contributed by atoms with van der Waals surface area (Å²) >= 11 is 0. The molecule has 0 aliphatic heterocycles. The van der Waals surface area contributed by atoms with Gasteiger partial charge >= 0.3 is 11.6 Å². The average molecular weight is 343 g/mol.